The highest BCUT2D eigenvalue weighted by atomic mass is 32.1. The molecule has 2 rings (SSSR count). The smallest absolute Gasteiger partial charge is 0.223 e. The zero-order valence-electron chi connectivity index (χ0n) is 11.5. The van der Waals surface area contributed by atoms with E-state index in [1.807, 2.05) is 4.90 Å². The van der Waals surface area contributed by atoms with E-state index >= 15 is 0 Å². The standard InChI is InChI=1S/C14H24N2O2S/c15-14(19)12-10-16(7-8-18-12)13(17)9-11-5-3-1-2-4-6-11/h11-12H,1-10H2,(H2,15,19). The summed E-state index contributed by atoms with van der Waals surface area (Å²) in [5.41, 5.74) is 5.60. The van der Waals surface area contributed by atoms with Gasteiger partial charge in [0.15, 0.2) is 0 Å². The number of morpholine rings is 1. The molecule has 0 aromatic carbocycles. The third-order valence-electron chi connectivity index (χ3n) is 4.17. The van der Waals surface area contributed by atoms with E-state index in [0.29, 0.717) is 37.0 Å². The van der Waals surface area contributed by atoms with Crippen LogP contribution in [0, 0.1) is 5.92 Å². The van der Waals surface area contributed by atoms with Crippen molar-refractivity contribution in [3.63, 3.8) is 0 Å². The first-order valence-electron chi connectivity index (χ1n) is 7.35. The van der Waals surface area contributed by atoms with Crippen LogP contribution in [0.25, 0.3) is 0 Å². The first-order valence-corrected chi connectivity index (χ1v) is 7.76. The lowest BCUT2D eigenvalue weighted by Crippen LogP contribution is -2.50. The van der Waals surface area contributed by atoms with Crippen molar-refractivity contribution in [2.45, 2.75) is 51.0 Å². The summed E-state index contributed by atoms with van der Waals surface area (Å²) in [4.78, 5) is 14.6. The number of nitrogens with two attached hydrogens (primary N) is 1. The predicted octanol–water partition coefficient (Wildman–Crippen LogP) is 1.86. The minimum Gasteiger partial charge on any atom is -0.391 e. The summed E-state index contributed by atoms with van der Waals surface area (Å²) in [5.74, 6) is 0.817. The Morgan fingerprint density at radius 3 is 2.58 bits per heavy atom. The highest BCUT2D eigenvalue weighted by molar-refractivity contribution is 7.80. The van der Waals surface area contributed by atoms with Gasteiger partial charge in [0.2, 0.25) is 5.91 Å². The summed E-state index contributed by atoms with van der Waals surface area (Å²) in [7, 11) is 0. The fraction of sp³-hybridized carbons (Fsp3) is 0.857. The van der Waals surface area contributed by atoms with E-state index in [-0.39, 0.29) is 12.0 Å². The van der Waals surface area contributed by atoms with Crippen molar-refractivity contribution in [1.82, 2.24) is 4.90 Å². The molecule has 0 radical (unpaired) electrons. The number of carbonyl (C=O) groups excluding carboxylic acids is 1. The van der Waals surface area contributed by atoms with E-state index in [1.54, 1.807) is 0 Å². The second kappa shape index (κ2) is 7.20. The molecule has 1 amide bonds. The van der Waals surface area contributed by atoms with Gasteiger partial charge >= 0.3 is 0 Å². The molecule has 1 aliphatic heterocycles. The molecule has 2 N–H and O–H groups in total. The fourth-order valence-electron chi connectivity index (χ4n) is 2.99. The zero-order valence-corrected chi connectivity index (χ0v) is 12.3. The van der Waals surface area contributed by atoms with Gasteiger partial charge in [-0.05, 0) is 18.8 Å². The second-order valence-corrected chi connectivity index (χ2v) is 6.13. The Morgan fingerprint density at radius 2 is 1.95 bits per heavy atom. The van der Waals surface area contributed by atoms with Gasteiger partial charge in [0.05, 0.1) is 13.2 Å². The third-order valence-corrected chi connectivity index (χ3v) is 4.44. The van der Waals surface area contributed by atoms with Crippen molar-refractivity contribution in [3.8, 4) is 0 Å². The SMILES string of the molecule is NC(=S)C1CN(C(=O)CC2CCCCCC2)CCO1. The molecule has 0 bridgehead atoms. The number of hydrogen-bond acceptors (Lipinski definition) is 3. The first-order chi connectivity index (χ1) is 9.16. The molecule has 4 nitrogen and oxygen atoms in total. The number of ether oxygens (including phenoxy) is 1. The van der Waals surface area contributed by atoms with Gasteiger partial charge in [-0.1, -0.05) is 37.9 Å². The molecule has 1 saturated heterocycles. The van der Waals surface area contributed by atoms with Gasteiger partial charge in [-0.2, -0.15) is 0 Å². The molecule has 1 unspecified atom stereocenters. The van der Waals surface area contributed by atoms with E-state index in [1.165, 1.54) is 38.5 Å². The summed E-state index contributed by atoms with van der Waals surface area (Å²) in [6, 6.07) is 0. The number of amides is 1. The molecule has 2 aliphatic rings. The highest BCUT2D eigenvalue weighted by Crippen LogP contribution is 2.26. The number of thiocarbonyl (C=S) groups is 1. The number of hydrogen-bond donors (Lipinski definition) is 1. The minimum absolute atomic E-state index is 0.247. The molecule has 19 heavy (non-hydrogen) atoms. The van der Waals surface area contributed by atoms with Crippen molar-refractivity contribution in [2.75, 3.05) is 19.7 Å². The maximum absolute atomic E-state index is 12.3. The third kappa shape index (κ3) is 4.42. The summed E-state index contributed by atoms with van der Waals surface area (Å²) in [5, 5.41) is 0. The second-order valence-electron chi connectivity index (χ2n) is 5.66. The van der Waals surface area contributed by atoms with E-state index in [4.69, 9.17) is 22.7 Å². The molecule has 0 aromatic heterocycles. The lowest BCUT2D eigenvalue weighted by atomic mass is 9.96. The Bertz CT molecular complexity index is 327. The maximum Gasteiger partial charge on any atom is 0.223 e. The molecular weight excluding hydrogens is 260 g/mol. The van der Waals surface area contributed by atoms with Crippen LogP contribution in [0.1, 0.15) is 44.9 Å². The average Bonchev–Trinajstić information content (AvgIpc) is 2.67. The van der Waals surface area contributed by atoms with E-state index < -0.39 is 0 Å². The Balaban J connectivity index is 1.83. The Hall–Kier alpha value is -0.680. The van der Waals surface area contributed by atoms with Crippen LogP contribution in [0.3, 0.4) is 0 Å². The molecule has 5 heteroatoms. The fourth-order valence-corrected chi connectivity index (χ4v) is 3.13. The Kier molecular flexibility index (Phi) is 5.58. The van der Waals surface area contributed by atoms with Crippen molar-refractivity contribution < 1.29 is 9.53 Å². The summed E-state index contributed by atoms with van der Waals surface area (Å²) >= 11 is 4.95. The highest BCUT2D eigenvalue weighted by Gasteiger charge is 2.27. The Morgan fingerprint density at radius 1 is 1.26 bits per heavy atom. The molecule has 2 fully saturated rings. The van der Waals surface area contributed by atoms with Gasteiger partial charge in [-0.25, -0.2) is 0 Å². The van der Waals surface area contributed by atoms with E-state index in [9.17, 15) is 4.79 Å². The lowest BCUT2D eigenvalue weighted by Gasteiger charge is -2.33. The van der Waals surface area contributed by atoms with Crippen LogP contribution in [-0.4, -0.2) is 41.6 Å². The van der Waals surface area contributed by atoms with E-state index in [2.05, 4.69) is 0 Å². The summed E-state index contributed by atoms with van der Waals surface area (Å²) in [6.07, 6.45) is 8.03. The number of nitrogens with zero attached hydrogens (tertiary/aromatic N) is 1. The molecule has 108 valence electrons. The van der Waals surface area contributed by atoms with Gasteiger partial charge < -0.3 is 15.4 Å². The predicted molar refractivity (Wildman–Crippen MR) is 78.9 cm³/mol. The summed E-state index contributed by atoms with van der Waals surface area (Å²) < 4.78 is 5.47. The molecule has 0 aromatic rings. The molecule has 1 aliphatic carbocycles. The Labute approximate surface area is 120 Å². The van der Waals surface area contributed by atoms with Crippen LogP contribution in [0.4, 0.5) is 0 Å². The van der Waals surface area contributed by atoms with Gasteiger partial charge in [0.25, 0.3) is 0 Å². The zero-order chi connectivity index (χ0) is 13.7. The molecular formula is C14H24N2O2S. The maximum atomic E-state index is 12.3. The van der Waals surface area contributed by atoms with Crippen LogP contribution >= 0.6 is 12.2 Å². The van der Waals surface area contributed by atoms with Crippen LogP contribution < -0.4 is 5.73 Å². The van der Waals surface area contributed by atoms with Crippen molar-refractivity contribution in [3.05, 3.63) is 0 Å². The van der Waals surface area contributed by atoms with Gasteiger partial charge in [0, 0.05) is 13.0 Å². The van der Waals surface area contributed by atoms with Gasteiger partial charge in [-0.15, -0.1) is 0 Å². The average molecular weight is 284 g/mol. The van der Waals surface area contributed by atoms with Gasteiger partial charge in [0.1, 0.15) is 11.1 Å². The normalized spacial score (nSPS) is 25.9. The monoisotopic (exact) mass is 284 g/mol. The van der Waals surface area contributed by atoms with Crippen molar-refractivity contribution in [2.24, 2.45) is 11.7 Å². The lowest BCUT2D eigenvalue weighted by molar-refractivity contribution is -0.137. The van der Waals surface area contributed by atoms with Gasteiger partial charge in [-0.3, -0.25) is 4.79 Å². The quantitative estimate of drug-likeness (QED) is 0.635. The molecule has 1 saturated carbocycles. The molecule has 1 atom stereocenters. The number of carbonyl (C=O) groups is 1. The van der Waals surface area contributed by atoms with Crippen molar-refractivity contribution >= 4 is 23.1 Å². The molecule has 0 spiro atoms. The topological polar surface area (TPSA) is 55.6 Å². The van der Waals surface area contributed by atoms with Crippen LogP contribution in [0.15, 0.2) is 0 Å². The van der Waals surface area contributed by atoms with Crippen LogP contribution in [0.2, 0.25) is 0 Å². The van der Waals surface area contributed by atoms with Crippen LogP contribution in [-0.2, 0) is 9.53 Å². The van der Waals surface area contributed by atoms with Crippen molar-refractivity contribution in [1.29, 1.82) is 0 Å². The summed E-state index contributed by atoms with van der Waals surface area (Å²) in [6.45, 7) is 1.74. The minimum atomic E-state index is -0.262. The van der Waals surface area contributed by atoms with Crippen LogP contribution in [0.5, 0.6) is 0 Å². The number of rotatable bonds is 3. The van der Waals surface area contributed by atoms with E-state index in [0.717, 1.165) is 0 Å². The largest absolute Gasteiger partial charge is 0.391 e. The molecule has 1 heterocycles. The first kappa shape index (κ1) is 14.7.